The predicted octanol–water partition coefficient (Wildman–Crippen LogP) is 3.30. The monoisotopic (exact) mass is 286 g/mol. The lowest BCUT2D eigenvalue weighted by atomic mass is 10.0. The molecular formula is C16H18N2OS. The van der Waals surface area contributed by atoms with Crippen LogP contribution in [0.2, 0.25) is 0 Å². The van der Waals surface area contributed by atoms with Crippen molar-refractivity contribution >= 4 is 22.8 Å². The van der Waals surface area contributed by atoms with Crippen molar-refractivity contribution in [2.24, 2.45) is 0 Å². The van der Waals surface area contributed by atoms with E-state index >= 15 is 0 Å². The zero-order valence-corrected chi connectivity index (χ0v) is 12.3. The van der Waals surface area contributed by atoms with E-state index in [4.69, 9.17) is 0 Å². The number of thiazole rings is 1. The summed E-state index contributed by atoms with van der Waals surface area (Å²) in [5.41, 5.74) is 4.99. The summed E-state index contributed by atoms with van der Waals surface area (Å²) in [5, 5.41) is 4.91. The molecule has 104 valence electrons. The Morgan fingerprint density at radius 1 is 1.35 bits per heavy atom. The third-order valence-corrected chi connectivity index (χ3v) is 3.63. The van der Waals surface area contributed by atoms with Crippen molar-refractivity contribution in [3.05, 3.63) is 58.6 Å². The Morgan fingerprint density at radius 2 is 2.15 bits per heavy atom. The molecule has 0 aliphatic carbocycles. The molecule has 0 bridgehead atoms. The molecule has 1 amide bonds. The van der Waals surface area contributed by atoms with E-state index in [1.807, 2.05) is 41.2 Å². The Morgan fingerprint density at radius 3 is 2.80 bits per heavy atom. The number of rotatable bonds is 6. The smallest absolute Gasteiger partial charge is 0.244 e. The second kappa shape index (κ2) is 7.60. The van der Waals surface area contributed by atoms with Gasteiger partial charge >= 0.3 is 0 Å². The van der Waals surface area contributed by atoms with E-state index in [9.17, 15) is 4.79 Å². The summed E-state index contributed by atoms with van der Waals surface area (Å²) in [4.78, 5) is 16.1. The van der Waals surface area contributed by atoms with Crippen molar-refractivity contribution in [1.82, 2.24) is 10.3 Å². The fourth-order valence-electron chi connectivity index (χ4n) is 1.93. The number of hydrogen-bond donors (Lipinski definition) is 1. The van der Waals surface area contributed by atoms with Crippen LogP contribution in [-0.2, 0) is 11.2 Å². The number of amides is 1. The number of aromatic nitrogens is 1. The van der Waals surface area contributed by atoms with Gasteiger partial charge in [0.05, 0.1) is 11.2 Å². The van der Waals surface area contributed by atoms with E-state index in [2.05, 4.69) is 17.2 Å². The fourth-order valence-corrected chi connectivity index (χ4v) is 2.52. The summed E-state index contributed by atoms with van der Waals surface area (Å²) in [7, 11) is 0. The average Bonchev–Trinajstić information content (AvgIpc) is 2.99. The minimum Gasteiger partial charge on any atom is -0.352 e. The van der Waals surface area contributed by atoms with Crippen LogP contribution in [0.1, 0.15) is 24.6 Å². The SMILES string of the molecule is CC/C(=C\C(=O)NCCc1cscn1)c1ccccc1. The van der Waals surface area contributed by atoms with Crippen LogP contribution in [-0.4, -0.2) is 17.4 Å². The number of carbonyl (C=O) groups excluding carboxylic acids is 1. The lowest BCUT2D eigenvalue weighted by Crippen LogP contribution is -2.24. The van der Waals surface area contributed by atoms with E-state index in [1.165, 1.54) is 0 Å². The molecular weight excluding hydrogens is 268 g/mol. The van der Waals surface area contributed by atoms with Gasteiger partial charge in [-0.2, -0.15) is 0 Å². The van der Waals surface area contributed by atoms with Crippen molar-refractivity contribution in [2.45, 2.75) is 19.8 Å². The highest BCUT2D eigenvalue weighted by molar-refractivity contribution is 7.07. The predicted molar refractivity (Wildman–Crippen MR) is 83.5 cm³/mol. The Labute approximate surface area is 123 Å². The molecule has 0 saturated heterocycles. The van der Waals surface area contributed by atoms with Gasteiger partial charge in [0.25, 0.3) is 0 Å². The summed E-state index contributed by atoms with van der Waals surface area (Å²) in [6.07, 6.45) is 3.30. The Bertz CT molecular complexity index is 561. The van der Waals surface area contributed by atoms with E-state index < -0.39 is 0 Å². The van der Waals surface area contributed by atoms with Gasteiger partial charge in [-0.25, -0.2) is 4.98 Å². The van der Waals surface area contributed by atoms with Gasteiger partial charge in [0.2, 0.25) is 5.91 Å². The first-order valence-electron chi connectivity index (χ1n) is 6.70. The standard InChI is InChI=1S/C16H18N2OS/c1-2-13(14-6-4-3-5-7-14)10-16(19)17-9-8-15-11-20-12-18-15/h3-7,10-12H,2,8-9H2,1H3,(H,17,19)/b13-10+. The van der Waals surface area contributed by atoms with Gasteiger partial charge in [-0.05, 0) is 17.6 Å². The van der Waals surface area contributed by atoms with Crippen LogP contribution < -0.4 is 5.32 Å². The highest BCUT2D eigenvalue weighted by Gasteiger charge is 2.03. The molecule has 2 rings (SSSR count). The summed E-state index contributed by atoms with van der Waals surface area (Å²) in [5.74, 6) is -0.0408. The third kappa shape index (κ3) is 4.31. The average molecular weight is 286 g/mol. The Balaban J connectivity index is 1.89. The van der Waals surface area contributed by atoms with Crippen LogP contribution >= 0.6 is 11.3 Å². The van der Waals surface area contributed by atoms with E-state index in [0.717, 1.165) is 29.7 Å². The van der Waals surface area contributed by atoms with Gasteiger partial charge in [0.1, 0.15) is 0 Å². The van der Waals surface area contributed by atoms with Crippen LogP contribution in [0.4, 0.5) is 0 Å². The van der Waals surface area contributed by atoms with Gasteiger partial charge in [0, 0.05) is 24.4 Å². The minimum absolute atomic E-state index is 0.0408. The Kier molecular flexibility index (Phi) is 5.50. The topological polar surface area (TPSA) is 42.0 Å². The van der Waals surface area contributed by atoms with Gasteiger partial charge in [0.15, 0.2) is 0 Å². The van der Waals surface area contributed by atoms with Crippen LogP contribution in [0.15, 0.2) is 47.3 Å². The molecule has 0 spiro atoms. The largest absolute Gasteiger partial charge is 0.352 e. The van der Waals surface area contributed by atoms with E-state index in [0.29, 0.717) is 6.54 Å². The molecule has 1 aromatic heterocycles. The molecule has 1 heterocycles. The molecule has 20 heavy (non-hydrogen) atoms. The Hall–Kier alpha value is -1.94. The fraction of sp³-hybridized carbons (Fsp3) is 0.250. The molecule has 0 aliphatic rings. The second-order valence-corrected chi connectivity index (χ2v) is 5.13. The number of allylic oxidation sites excluding steroid dienone is 1. The maximum atomic E-state index is 11.9. The van der Waals surface area contributed by atoms with Crippen LogP contribution in [0.5, 0.6) is 0 Å². The van der Waals surface area contributed by atoms with Crippen LogP contribution in [0.25, 0.3) is 5.57 Å². The summed E-state index contributed by atoms with van der Waals surface area (Å²) in [6.45, 7) is 2.67. The molecule has 0 radical (unpaired) electrons. The van der Waals surface area contributed by atoms with Crippen LogP contribution in [0, 0.1) is 0 Å². The van der Waals surface area contributed by atoms with Crippen molar-refractivity contribution in [3.63, 3.8) is 0 Å². The van der Waals surface area contributed by atoms with Gasteiger partial charge in [-0.3, -0.25) is 4.79 Å². The van der Waals surface area contributed by atoms with Crippen molar-refractivity contribution in [2.75, 3.05) is 6.54 Å². The molecule has 3 nitrogen and oxygen atoms in total. The molecule has 1 aromatic carbocycles. The van der Waals surface area contributed by atoms with Crippen molar-refractivity contribution < 1.29 is 4.79 Å². The first-order chi connectivity index (χ1) is 9.79. The quantitative estimate of drug-likeness (QED) is 0.828. The highest BCUT2D eigenvalue weighted by atomic mass is 32.1. The number of carbonyl (C=O) groups is 1. The second-order valence-electron chi connectivity index (χ2n) is 4.41. The van der Waals surface area contributed by atoms with E-state index in [-0.39, 0.29) is 5.91 Å². The summed E-state index contributed by atoms with van der Waals surface area (Å²) in [6, 6.07) is 10.00. The van der Waals surface area contributed by atoms with Crippen molar-refractivity contribution in [3.8, 4) is 0 Å². The maximum Gasteiger partial charge on any atom is 0.244 e. The van der Waals surface area contributed by atoms with Crippen molar-refractivity contribution in [1.29, 1.82) is 0 Å². The first kappa shape index (κ1) is 14.5. The minimum atomic E-state index is -0.0408. The molecule has 2 aromatic rings. The normalized spacial score (nSPS) is 11.3. The molecule has 0 saturated carbocycles. The van der Waals surface area contributed by atoms with Gasteiger partial charge in [-0.15, -0.1) is 11.3 Å². The number of hydrogen-bond acceptors (Lipinski definition) is 3. The zero-order chi connectivity index (χ0) is 14.2. The molecule has 0 unspecified atom stereocenters. The lowest BCUT2D eigenvalue weighted by molar-refractivity contribution is -0.116. The van der Waals surface area contributed by atoms with Gasteiger partial charge in [-0.1, -0.05) is 37.3 Å². The van der Waals surface area contributed by atoms with E-state index in [1.54, 1.807) is 17.4 Å². The molecule has 1 N–H and O–H groups in total. The third-order valence-electron chi connectivity index (χ3n) is 2.99. The van der Waals surface area contributed by atoms with Gasteiger partial charge < -0.3 is 5.32 Å². The number of nitrogens with zero attached hydrogens (tertiary/aromatic N) is 1. The number of nitrogens with one attached hydrogen (secondary N) is 1. The molecule has 0 aliphatic heterocycles. The number of benzene rings is 1. The lowest BCUT2D eigenvalue weighted by Gasteiger charge is -2.05. The van der Waals surface area contributed by atoms with Crippen LogP contribution in [0.3, 0.4) is 0 Å². The molecule has 0 atom stereocenters. The maximum absolute atomic E-state index is 11.9. The molecule has 0 fully saturated rings. The molecule has 4 heteroatoms. The zero-order valence-electron chi connectivity index (χ0n) is 11.5. The first-order valence-corrected chi connectivity index (χ1v) is 7.64. The summed E-state index contributed by atoms with van der Waals surface area (Å²) >= 11 is 1.57. The summed E-state index contributed by atoms with van der Waals surface area (Å²) < 4.78 is 0. The highest BCUT2D eigenvalue weighted by Crippen LogP contribution is 2.16.